The van der Waals surface area contributed by atoms with Crippen LogP contribution >= 0.6 is 0 Å². The molecule has 0 radical (unpaired) electrons. The standard InChI is InChI=1S/C16H30N2O3/c1-16(2,3)9-13(17)8-14(19)18-10-11-4-6-12(7-5-11)15(20)21/h11-13H,4-10,17H2,1-3H3,(H,18,19)(H,20,21). The topological polar surface area (TPSA) is 92.4 Å². The summed E-state index contributed by atoms with van der Waals surface area (Å²) in [5, 5.41) is 11.9. The molecule has 122 valence electrons. The minimum absolute atomic E-state index is 0.00658. The van der Waals surface area contributed by atoms with Gasteiger partial charge in [-0.1, -0.05) is 20.8 Å². The molecule has 5 nitrogen and oxygen atoms in total. The summed E-state index contributed by atoms with van der Waals surface area (Å²) < 4.78 is 0. The number of carbonyl (C=O) groups is 2. The summed E-state index contributed by atoms with van der Waals surface area (Å²) in [6, 6.07) is -0.104. The van der Waals surface area contributed by atoms with Crippen LogP contribution in [0.2, 0.25) is 0 Å². The van der Waals surface area contributed by atoms with Gasteiger partial charge in [0.05, 0.1) is 5.92 Å². The monoisotopic (exact) mass is 298 g/mol. The van der Waals surface area contributed by atoms with E-state index in [2.05, 4.69) is 26.1 Å². The van der Waals surface area contributed by atoms with E-state index in [1.165, 1.54) is 0 Å². The number of rotatable bonds is 6. The Bertz CT molecular complexity index is 355. The molecule has 5 heteroatoms. The van der Waals surface area contributed by atoms with Crippen LogP contribution in [0.3, 0.4) is 0 Å². The summed E-state index contributed by atoms with van der Waals surface area (Å²) in [6.07, 6.45) is 4.39. The van der Waals surface area contributed by atoms with Gasteiger partial charge in [-0.15, -0.1) is 0 Å². The van der Waals surface area contributed by atoms with Crippen molar-refractivity contribution in [1.82, 2.24) is 5.32 Å². The molecule has 0 aromatic carbocycles. The maximum absolute atomic E-state index is 11.9. The Hall–Kier alpha value is -1.10. The molecule has 0 aliphatic heterocycles. The van der Waals surface area contributed by atoms with Gasteiger partial charge < -0.3 is 16.2 Å². The van der Waals surface area contributed by atoms with Gasteiger partial charge in [0.15, 0.2) is 0 Å². The molecule has 1 amide bonds. The average molecular weight is 298 g/mol. The van der Waals surface area contributed by atoms with Gasteiger partial charge in [0.2, 0.25) is 5.91 Å². The molecular formula is C16H30N2O3. The summed E-state index contributed by atoms with van der Waals surface area (Å²) >= 11 is 0. The van der Waals surface area contributed by atoms with Crippen LogP contribution < -0.4 is 11.1 Å². The van der Waals surface area contributed by atoms with Crippen molar-refractivity contribution in [1.29, 1.82) is 0 Å². The van der Waals surface area contributed by atoms with Crippen LogP contribution in [0.25, 0.3) is 0 Å². The van der Waals surface area contributed by atoms with Crippen molar-refractivity contribution in [2.75, 3.05) is 6.54 Å². The highest BCUT2D eigenvalue weighted by Gasteiger charge is 2.26. The Kier molecular flexibility index (Phi) is 6.65. The fourth-order valence-corrected chi connectivity index (χ4v) is 3.04. The lowest BCUT2D eigenvalue weighted by molar-refractivity contribution is -0.143. The fourth-order valence-electron chi connectivity index (χ4n) is 3.04. The first-order chi connectivity index (χ1) is 9.67. The zero-order chi connectivity index (χ0) is 16.0. The normalized spacial score (nSPS) is 24.4. The largest absolute Gasteiger partial charge is 0.481 e. The highest BCUT2D eigenvalue weighted by Crippen LogP contribution is 2.28. The first kappa shape index (κ1) is 18.0. The van der Waals surface area contributed by atoms with Crippen molar-refractivity contribution in [2.24, 2.45) is 23.0 Å². The molecule has 1 atom stereocenters. The van der Waals surface area contributed by atoms with Gasteiger partial charge in [0.1, 0.15) is 0 Å². The van der Waals surface area contributed by atoms with E-state index in [1.54, 1.807) is 0 Å². The number of carboxylic acid groups (broad SMARTS) is 1. The molecule has 4 N–H and O–H groups in total. The van der Waals surface area contributed by atoms with Crippen LogP contribution in [0.4, 0.5) is 0 Å². The number of carbonyl (C=O) groups excluding carboxylic acids is 1. The summed E-state index contributed by atoms with van der Waals surface area (Å²) in [7, 11) is 0. The van der Waals surface area contributed by atoms with Gasteiger partial charge in [-0.3, -0.25) is 9.59 Å². The lowest BCUT2D eigenvalue weighted by atomic mass is 9.82. The van der Waals surface area contributed by atoms with E-state index in [4.69, 9.17) is 10.8 Å². The number of hydrogen-bond donors (Lipinski definition) is 3. The molecule has 0 saturated heterocycles. The third-order valence-electron chi connectivity index (χ3n) is 4.11. The second-order valence-electron chi connectivity index (χ2n) is 7.59. The zero-order valence-electron chi connectivity index (χ0n) is 13.5. The van der Waals surface area contributed by atoms with Gasteiger partial charge in [0.25, 0.3) is 0 Å². The van der Waals surface area contributed by atoms with Crippen LogP contribution in [0.1, 0.15) is 59.3 Å². The number of aliphatic carboxylic acids is 1. The second-order valence-corrected chi connectivity index (χ2v) is 7.59. The minimum atomic E-state index is -0.689. The third-order valence-corrected chi connectivity index (χ3v) is 4.11. The van der Waals surface area contributed by atoms with E-state index in [9.17, 15) is 9.59 Å². The van der Waals surface area contributed by atoms with Crippen LogP contribution in [0.15, 0.2) is 0 Å². The van der Waals surface area contributed by atoms with Crippen molar-refractivity contribution in [3.8, 4) is 0 Å². The Labute approximate surface area is 127 Å². The van der Waals surface area contributed by atoms with Gasteiger partial charge in [-0.25, -0.2) is 0 Å². The van der Waals surface area contributed by atoms with Crippen molar-refractivity contribution in [3.63, 3.8) is 0 Å². The van der Waals surface area contributed by atoms with Crippen LogP contribution in [0, 0.1) is 17.3 Å². The third kappa shape index (κ3) is 7.46. The quantitative estimate of drug-likeness (QED) is 0.700. The summed E-state index contributed by atoms with van der Waals surface area (Å²) in [5.74, 6) is -0.474. The lowest BCUT2D eigenvalue weighted by Gasteiger charge is -2.26. The van der Waals surface area contributed by atoms with Crippen LogP contribution in [-0.2, 0) is 9.59 Å². The Morgan fingerprint density at radius 3 is 2.29 bits per heavy atom. The Morgan fingerprint density at radius 1 is 1.24 bits per heavy atom. The molecule has 0 bridgehead atoms. The smallest absolute Gasteiger partial charge is 0.306 e. The van der Waals surface area contributed by atoms with Crippen LogP contribution in [0.5, 0.6) is 0 Å². The summed E-state index contributed by atoms with van der Waals surface area (Å²) in [4.78, 5) is 22.7. The van der Waals surface area contributed by atoms with E-state index in [1.807, 2.05) is 0 Å². The van der Waals surface area contributed by atoms with Gasteiger partial charge in [-0.2, -0.15) is 0 Å². The highest BCUT2D eigenvalue weighted by molar-refractivity contribution is 5.76. The lowest BCUT2D eigenvalue weighted by Crippen LogP contribution is -2.37. The first-order valence-corrected chi connectivity index (χ1v) is 7.92. The predicted molar refractivity (Wildman–Crippen MR) is 82.8 cm³/mol. The fraction of sp³-hybridized carbons (Fsp3) is 0.875. The molecule has 1 rings (SSSR count). The predicted octanol–water partition coefficient (Wildman–Crippen LogP) is 2.15. The van der Waals surface area contributed by atoms with E-state index < -0.39 is 5.97 Å². The molecule has 21 heavy (non-hydrogen) atoms. The molecule has 0 aromatic heterocycles. The summed E-state index contributed by atoms with van der Waals surface area (Å²) in [5.41, 5.74) is 6.13. The number of nitrogens with one attached hydrogen (secondary N) is 1. The molecule has 0 heterocycles. The van der Waals surface area contributed by atoms with Crippen molar-refractivity contribution >= 4 is 11.9 Å². The molecular weight excluding hydrogens is 268 g/mol. The number of nitrogens with two attached hydrogens (primary N) is 1. The molecule has 1 aliphatic carbocycles. The highest BCUT2D eigenvalue weighted by atomic mass is 16.4. The Morgan fingerprint density at radius 2 is 1.81 bits per heavy atom. The molecule has 1 saturated carbocycles. The zero-order valence-corrected chi connectivity index (χ0v) is 13.5. The number of hydrogen-bond acceptors (Lipinski definition) is 3. The summed E-state index contributed by atoms with van der Waals surface area (Å²) in [6.45, 7) is 7.00. The van der Waals surface area contributed by atoms with E-state index in [0.29, 0.717) is 18.9 Å². The molecule has 0 spiro atoms. The minimum Gasteiger partial charge on any atom is -0.481 e. The van der Waals surface area contributed by atoms with Gasteiger partial charge >= 0.3 is 5.97 Å². The molecule has 0 aromatic rings. The van der Waals surface area contributed by atoms with E-state index in [-0.39, 0.29) is 23.3 Å². The maximum atomic E-state index is 11.9. The van der Waals surface area contributed by atoms with E-state index in [0.717, 1.165) is 32.1 Å². The molecule has 1 fully saturated rings. The maximum Gasteiger partial charge on any atom is 0.306 e. The second kappa shape index (κ2) is 7.78. The number of amides is 1. The Balaban J connectivity index is 2.21. The number of carboxylic acids is 1. The van der Waals surface area contributed by atoms with E-state index >= 15 is 0 Å². The van der Waals surface area contributed by atoms with Crippen molar-refractivity contribution in [2.45, 2.75) is 65.3 Å². The van der Waals surface area contributed by atoms with Gasteiger partial charge in [0, 0.05) is 19.0 Å². The molecule has 1 unspecified atom stereocenters. The molecule has 1 aliphatic rings. The van der Waals surface area contributed by atoms with Crippen molar-refractivity contribution in [3.05, 3.63) is 0 Å². The first-order valence-electron chi connectivity index (χ1n) is 7.92. The SMILES string of the molecule is CC(C)(C)CC(N)CC(=O)NCC1CCC(C(=O)O)CC1. The van der Waals surface area contributed by atoms with Crippen molar-refractivity contribution < 1.29 is 14.7 Å². The van der Waals surface area contributed by atoms with Gasteiger partial charge in [-0.05, 0) is 43.4 Å². The van der Waals surface area contributed by atoms with Crippen LogP contribution in [-0.4, -0.2) is 29.6 Å². The average Bonchev–Trinajstić information content (AvgIpc) is 2.34.